The average molecular weight is 475 g/mol. The first kappa shape index (κ1) is 23.8. The summed E-state index contributed by atoms with van der Waals surface area (Å²) in [6, 6.07) is 4.83. The van der Waals surface area contributed by atoms with Gasteiger partial charge >= 0.3 is 6.61 Å². The fourth-order valence-corrected chi connectivity index (χ4v) is 8.20. The third-order valence-electron chi connectivity index (χ3n) is 10.0. The molecule has 0 aromatic heterocycles. The Morgan fingerprint density at radius 2 is 1.88 bits per heavy atom. The van der Waals surface area contributed by atoms with E-state index in [1.807, 2.05) is 6.08 Å². The second kappa shape index (κ2) is 8.61. The van der Waals surface area contributed by atoms with Crippen molar-refractivity contribution in [2.75, 3.05) is 7.11 Å². The lowest BCUT2D eigenvalue weighted by Gasteiger charge is -2.59. The van der Waals surface area contributed by atoms with E-state index in [0.29, 0.717) is 23.7 Å². The highest BCUT2D eigenvalue weighted by atomic mass is 19.3. The van der Waals surface area contributed by atoms with Crippen LogP contribution in [-0.4, -0.2) is 30.7 Å². The Bertz CT molecular complexity index is 991. The van der Waals surface area contributed by atoms with Gasteiger partial charge in [-0.25, -0.2) is 0 Å². The fraction of sp³-hybridized carbons (Fsp3) is 0.679. The van der Waals surface area contributed by atoms with E-state index in [-0.39, 0.29) is 34.2 Å². The van der Waals surface area contributed by atoms with Crippen molar-refractivity contribution in [2.24, 2.45) is 34.5 Å². The second-order valence-electron chi connectivity index (χ2n) is 11.5. The molecule has 1 N–H and O–H groups in total. The van der Waals surface area contributed by atoms with Crippen molar-refractivity contribution in [3.8, 4) is 11.5 Å². The second-order valence-corrected chi connectivity index (χ2v) is 11.5. The van der Waals surface area contributed by atoms with Gasteiger partial charge in [-0.05, 0) is 110 Å². The number of carbonyl (C=O) groups excluding carboxylic acids is 1. The van der Waals surface area contributed by atoms with Gasteiger partial charge in [0.1, 0.15) is 0 Å². The molecule has 0 radical (unpaired) electrons. The molecular weight excluding hydrogens is 438 g/mol. The number of hydrogen-bond acceptors (Lipinski definition) is 4. The minimum Gasteiger partial charge on any atom is -0.493 e. The monoisotopic (exact) mass is 474 g/mol. The van der Waals surface area contributed by atoms with E-state index in [4.69, 9.17) is 4.74 Å². The molecular formula is C28H36F2O4. The number of halogens is 2. The smallest absolute Gasteiger partial charge is 0.387 e. The molecule has 1 aromatic carbocycles. The first-order valence-electron chi connectivity index (χ1n) is 12.7. The molecule has 0 heterocycles. The van der Waals surface area contributed by atoms with Crippen molar-refractivity contribution in [2.45, 2.75) is 77.9 Å². The van der Waals surface area contributed by atoms with Crippen molar-refractivity contribution in [3.63, 3.8) is 0 Å². The Morgan fingerprint density at radius 3 is 2.62 bits per heavy atom. The average Bonchev–Trinajstić information content (AvgIpc) is 3.05. The first-order chi connectivity index (χ1) is 16.2. The van der Waals surface area contributed by atoms with Crippen LogP contribution in [0.1, 0.15) is 70.8 Å². The van der Waals surface area contributed by atoms with E-state index < -0.39 is 6.61 Å². The Morgan fingerprint density at radius 1 is 1.09 bits per heavy atom. The highest BCUT2D eigenvalue weighted by Crippen LogP contribution is 2.66. The van der Waals surface area contributed by atoms with Crippen LogP contribution in [0.2, 0.25) is 0 Å². The Hall–Kier alpha value is -1.95. The summed E-state index contributed by atoms with van der Waals surface area (Å²) in [6.45, 7) is 1.69. The van der Waals surface area contributed by atoms with E-state index in [9.17, 15) is 18.7 Å². The standard InChI is InChI=1S/C28H36F2O4/c1-27-10-8-19(31)15-18(27)5-6-20-21(27)9-11-28(2)22(20)14-17(25(28)32)12-16-4-7-23(34-26(29)30)24(13-16)33-3/h4,7,12-13,18-22,26,31H,5-6,8-11,14-15H2,1-3H3/b17-12-/t18-,19-,20-,21+,22+,27-,28+/m0/s1. The molecule has 7 atom stereocenters. The van der Waals surface area contributed by atoms with E-state index >= 15 is 0 Å². The lowest BCUT2D eigenvalue weighted by Crippen LogP contribution is -2.54. The van der Waals surface area contributed by atoms with E-state index in [0.717, 1.165) is 62.5 Å². The van der Waals surface area contributed by atoms with Crippen LogP contribution in [0.4, 0.5) is 8.78 Å². The lowest BCUT2D eigenvalue weighted by molar-refractivity contribution is -0.141. The maximum Gasteiger partial charge on any atom is 0.387 e. The van der Waals surface area contributed by atoms with Crippen molar-refractivity contribution in [3.05, 3.63) is 29.3 Å². The van der Waals surface area contributed by atoms with Crippen LogP contribution in [-0.2, 0) is 4.79 Å². The predicted molar refractivity (Wildman–Crippen MR) is 126 cm³/mol. The van der Waals surface area contributed by atoms with Gasteiger partial charge in [0, 0.05) is 5.41 Å². The SMILES string of the molecule is COc1cc(/C=C2/C[C@@H]3[C@H]4CC[C@H]5C[C@@H](O)CC[C@]5(C)[C@@H]4CC[C@@]3(C)C2=O)ccc1OC(F)F. The highest BCUT2D eigenvalue weighted by Gasteiger charge is 2.61. The maximum atomic E-state index is 13.7. The van der Waals surface area contributed by atoms with E-state index in [2.05, 4.69) is 18.6 Å². The first-order valence-corrected chi connectivity index (χ1v) is 12.7. The van der Waals surface area contributed by atoms with Crippen LogP contribution >= 0.6 is 0 Å². The molecule has 4 aliphatic rings. The van der Waals surface area contributed by atoms with Crippen LogP contribution in [0.15, 0.2) is 23.8 Å². The number of Topliss-reactive ketones (excluding diaryl/α,β-unsaturated/α-hetero) is 1. The summed E-state index contributed by atoms with van der Waals surface area (Å²) < 4.78 is 35.1. The summed E-state index contributed by atoms with van der Waals surface area (Å²) in [6.07, 6.45) is 9.76. The molecule has 4 aliphatic carbocycles. The molecule has 0 aliphatic heterocycles. The summed E-state index contributed by atoms with van der Waals surface area (Å²) in [7, 11) is 1.42. The summed E-state index contributed by atoms with van der Waals surface area (Å²) in [5, 5.41) is 10.3. The lowest BCUT2D eigenvalue weighted by atomic mass is 9.45. The Balaban J connectivity index is 1.41. The zero-order chi connectivity index (χ0) is 24.3. The molecule has 186 valence electrons. The quantitative estimate of drug-likeness (QED) is 0.523. The zero-order valence-electron chi connectivity index (χ0n) is 20.4. The molecule has 4 fully saturated rings. The number of carbonyl (C=O) groups is 1. The molecule has 1 aromatic rings. The van der Waals surface area contributed by atoms with Crippen LogP contribution in [0.5, 0.6) is 11.5 Å². The van der Waals surface area contributed by atoms with Gasteiger partial charge in [-0.2, -0.15) is 8.78 Å². The third kappa shape index (κ3) is 3.77. The summed E-state index contributed by atoms with van der Waals surface area (Å²) in [4.78, 5) is 13.7. The zero-order valence-corrected chi connectivity index (χ0v) is 20.4. The molecule has 6 heteroatoms. The van der Waals surface area contributed by atoms with Crippen molar-refractivity contribution >= 4 is 11.9 Å². The minimum absolute atomic E-state index is 0.0107. The van der Waals surface area contributed by atoms with E-state index in [1.165, 1.54) is 13.2 Å². The molecule has 4 saturated carbocycles. The number of alkyl halides is 2. The molecule has 0 amide bonds. The maximum absolute atomic E-state index is 13.7. The number of methoxy groups -OCH3 is 1. The summed E-state index contributed by atoms with van der Waals surface area (Å²) in [5.74, 6) is 2.57. The van der Waals surface area contributed by atoms with Crippen molar-refractivity contribution < 1.29 is 28.2 Å². The Kier molecular flexibility index (Phi) is 6.02. The van der Waals surface area contributed by atoms with Crippen LogP contribution in [0.25, 0.3) is 6.08 Å². The number of fused-ring (bicyclic) bond motifs is 5. The molecule has 0 unspecified atom stereocenters. The van der Waals surface area contributed by atoms with Crippen molar-refractivity contribution in [1.29, 1.82) is 0 Å². The van der Waals surface area contributed by atoms with Gasteiger partial charge < -0.3 is 14.6 Å². The largest absolute Gasteiger partial charge is 0.493 e. The number of benzene rings is 1. The normalized spacial score (nSPS) is 40.6. The molecule has 0 spiro atoms. The number of hydrogen-bond donors (Lipinski definition) is 1. The molecule has 34 heavy (non-hydrogen) atoms. The minimum atomic E-state index is -2.92. The van der Waals surface area contributed by atoms with Gasteiger partial charge in [0.25, 0.3) is 0 Å². The molecule has 0 saturated heterocycles. The van der Waals surface area contributed by atoms with E-state index in [1.54, 1.807) is 12.1 Å². The van der Waals surface area contributed by atoms with Crippen molar-refractivity contribution in [1.82, 2.24) is 0 Å². The topological polar surface area (TPSA) is 55.8 Å². The van der Waals surface area contributed by atoms with Gasteiger partial charge in [0.2, 0.25) is 0 Å². The van der Waals surface area contributed by atoms with Gasteiger partial charge in [-0.3, -0.25) is 4.79 Å². The predicted octanol–water partition coefficient (Wildman–Crippen LogP) is 6.26. The van der Waals surface area contributed by atoms with Crippen LogP contribution in [0.3, 0.4) is 0 Å². The van der Waals surface area contributed by atoms with Gasteiger partial charge in [-0.1, -0.05) is 19.9 Å². The van der Waals surface area contributed by atoms with Crippen LogP contribution in [0, 0.1) is 34.5 Å². The number of ether oxygens (including phenoxy) is 2. The van der Waals surface area contributed by atoms with Gasteiger partial charge in [-0.15, -0.1) is 0 Å². The number of aliphatic hydroxyl groups is 1. The fourth-order valence-electron chi connectivity index (χ4n) is 8.20. The summed E-state index contributed by atoms with van der Waals surface area (Å²) in [5.41, 5.74) is 1.54. The van der Waals surface area contributed by atoms with Crippen LogP contribution < -0.4 is 9.47 Å². The number of aliphatic hydroxyl groups excluding tert-OH is 1. The molecule has 0 bridgehead atoms. The third-order valence-corrected chi connectivity index (χ3v) is 10.0. The number of allylic oxidation sites excluding steroid dienone is 1. The van der Waals surface area contributed by atoms with Gasteiger partial charge in [0.05, 0.1) is 13.2 Å². The molecule has 5 rings (SSSR count). The molecule has 4 nitrogen and oxygen atoms in total. The number of ketones is 1. The van der Waals surface area contributed by atoms with Gasteiger partial charge in [0.15, 0.2) is 17.3 Å². The number of rotatable bonds is 4. The summed E-state index contributed by atoms with van der Waals surface area (Å²) >= 11 is 0. The highest BCUT2D eigenvalue weighted by molar-refractivity contribution is 6.06. The Labute approximate surface area is 200 Å².